The number of para-hydroxylation sites is 1. The summed E-state index contributed by atoms with van der Waals surface area (Å²) < 4.78 is 5.09. The van der Waals surface area contributed by atoms with Gasteiger partial charge in [-0.2, -0.15) is 0 Å². The van der Waals surface area contributed by atoms with E-state index in [1.165, 1.54) is 0 Å². The Bertz CT molecular complexity index is 621. The molecule has 0 radical (unpaired) electrons. The second-order valence-electron chi connectivity index (χ2n) is 5.09. The predicted octanol–water partition coefficient (Wildman–Crippen LogP) is 4.06. The van der Waals surface area contributed by atoms with Crippen molar-refractivity contribution in [1.82, 2.24) is 0 Å². The van der Waals surface area contributed by atoms with E-state index in [-0.39, 0.29) is 6.61 Å². The van der Waals surface area contributed by atoms with E-state index in [1.807, 2.05) is 30.3 Å². The summed E-state index contributed by atoms with van der Waals surface area (Å²) >= 11 is 0. The molecule has 0 unspecified atom stereocenters. The normalized spacial score (nSPS) is 10.6. The minimum atomic E-state index is -0.974. The summed E-state index contributed by atoms with van der Waals surface area (Å²) in [7, 11) is 0. The lowest BCUT2D eigenvalue weighted by Crippen LogP contribution is -2.09. The number of anilines is 1. The highest BCUT2D eigenvalue weighted by molar-refractivity contribution is 5.68. The Kier molecular flexibility index (Phi) is 6.72. The smallest absolute Gasteiger partial charge is 0.341 e. The van der Waals surface area contributed by atoms with Crippen molar-refractivity contribution in [1.29, 1.82) is 0 Å². The van der Waals surface area contributed by atoms with Crippen LogP contribution >= 0.6 is 0 Å². The van der Waals surface area contributed by atoms with Crippen LogP contribution in [0.2, 0.25) is 0 Å². The van der Waals surface area contributed by atoms with Gasteiger partial charge in [0, 0.05) is 12.2 Å². The third kappa shape index (κ3) is 6.70. The van der Waals surface area contributed by atoms with Crippen LogP contribution in [0.5, 0.6) is 5.75 Å². The first kappa shape index (κ1) is 16.6. The number of hydrogen-bond donors (Lipinski definition) is 2. The summed E-state index contributed by atoms with van der Waals surface area (Å²) in [6, 6.07) is 17.5. The zero-order valence-corrected chi connectivity index (χ0v) is 12.9. The van der Waals surface area contributed by atoms with Gasteiger partial charge >= 0.3 is 5.97 Å². The van der Waals surface area contributed by atoms with Crippen molar-refractivity contribution >= 4 is 17.7 Å². The van der Waals surface area contributed by atoms with Crippen molar-refractivity contribution in [3.05, 3.63) is 66.2 Å². The number of hydrogen-bond acceptors (Lipinski definition) is 3. The van der Waals surface area contributed by atoms with Crippen LogP contribution in [0.25, 0.3) is 6.08 Å². The molecular weight excluding hydrogens is 290 g/mol. The van der Waals surface area contributed by atoms with Gasteiger partial charge in [-0.25, -0.2) is 4.79 Å². The molecule has 0 saturated carbocycles. The Morgan fingerprint density at radius 1 is 1.09 bits per heavy atom. The molecule has 0 heterocycles. The summed E-state index contributed by atoms with van der Waals surface area (Å²) in [5, 5.41) is 11.9. The quantitative estimate of drug-likeness (QED) is 0.686. The predicted molar refractivity (Wildman–Crippen MR) is 92.8 cm³/mol. The van der Waals surface area contributed by atoms with Gasteiger partial charge in [-0.3, -0.25) is 0 Å². The molecule has 4 heteroatoms. The minimum Gasteiger partial charge on any atom is -0.482 e. The fourth-order valence-corrected chi connectivity index (χ4v) is 2.05. The number of aliphatic carboxylic acids is 1. The second-order valence-corrected chi connectivity index (χ2v) is 5.09. The van der Waals surface area contributed by atoms with Gasteiger partial charge in [0.2, 0.25) is 0 Å². The minimum absolute atomic E-state index is 0.316. The molecule has 0 bridgehead atoms. The Hall–Kier alpha value is -2.75. The SMILES string of the molecule is O=C(O)COc1ccc(C=CCCCNc2ccccc2)cc1. The van der Waals surface area contributed by atoms with Gasteiger partial charge in [0.05, 0.1) is 0 Å². The van der Waals surface area contributed by atoms with Gasteiger partial charge in [0.1, 0.15) is 5.75 Å². The summed E-state index contributed by atoms with van der Waals surface area (Å²) in [4.78, 5) is 10.4. The molecule has 2 rings (SSSR count). The number of carboxylic acids is 1. The summed E-state index contributed by atoms with van der Waals surface area (Å²) in [5.74, 6) is -0.408. The molecule has 0 aliphatic carbocycles. The zero-order valence-electron chi connectivity index (χ0n) is 12.9. The van der Waals surface area contributed by atoms with Crippen molar-refractivity contribution in [2.45, 2.75) is 12.8 Å². The van der Waals surface area contributed by atoms with Gasteiger partial charge in [-0.15, -0.1) is 0 Å². The van der Waals surface area contributed by atoms with Crippen molar-refractivity contribution in [3.63, 3.8) is 0 Å². The molecule has 120 valence electrons. The first-order chi connectivity index (χ1) is 11.2. The van der Waals surface area contributed by atoms with Gasteiger partial charge in [-0.1, -0.05) is 42.5 Å². The first-order valence-corrected chi connectivity index (χ1v) is 7.64. The lowest BCUT2D eigenvalue weighted by atomic mass is 10.2. The molecular formula is C19H21NO3. The summed E-state index contributed by atoms with van der Waals surface area (Å²) in [6.45, 7) is 0.625. The molecule has 2 aromatic rings. The van der Waals surface area contributed by atoms with Crippen LogP contribution in [0.15, 0.2) is 60.7 Å². The Morgan fingerprint density at radius 2 is 1.83 bits per heavy atom. The van der Waals surface area contributed by atoms with E-state index in [1.54, 1.807) is 12.1 Å². The Morgan fingerprint density at radius 3 is 2.52 bits per heavy atom. The maximum Gasteiger partial charge on any atom is 0.341 e. The maximum atomic E-state index is 10.4. The van der Waals surface area contributed by atoms with Crippen LogP contribution < -0.4 is 10.1 Å². The Labute approximate surface area is 136 Å². The zero-order chi connectivity index (χ0) is 16.3. The molecule has 0 spiro atoms. The standard InChI is InChI=1S/C19H21NO3/c21-19(22)15-23-18-12-10-16(11-13-18)7-3-2-6-14-20-17-8-4-1-5-9-17/h1,3-5,7-13,20H,2,6,14-15H2,(H,21,22). The third-order valence-electron chi connectivity index (χ3n) is 3.20. The molecule has 0 atom stereocenters. The molecule has 2 N–H and O–H groups in total. The van der Waals surface area contributed by atoms with Crippen molar-refractivity contribution in [3.8, 4) is 5.75 Å². The van der Waals surface area contributed by atoms with Crippen molar-refractivity contribution < 1.29 is 14.6 Å². The van der Waals surface area contributed by atoms with E-state index in [2.05, 4.69) is 29.6 Å². The number of nitrogens with one attached hydrogen (secondary N) is 1. The number of ether oxygens (including phenoxy) is 1. The molecule has 0 aliphatic rings. The highest BCUT2D eigenvalue weighted by Crippen LogP contribution is 2.13. The maximum absolute atomic E-state index is 10.4. The molecule has 0 amide bonds. The average molecular weight is 311 g/mol. The van der Waals surface area contributed by atoms with Gasteiger partial charge < -0.3 is 15.2 Å². The van der Waals surface area contributed by atoms with E-state index < -0.39 is 5.97 Å². The summed E-state index contributed by atoms with van der Waals surface area (Å²) in [6.07, 6.45) is 6.26. The van der Waals surface area contributed by atoms with E-state index in [4.69, 9.17) is 9.84 Å². The molecule has 0 fully saturated rings. The number of rotatable bonds is 9. The van der Waals surface area contributed by atoms with Crippen LogP contribution in [0, 0.1) is 0 Å². The number of carboxylic acid groups (broad SMARTS) is 1. The Balaban J connectivity index is 1.66. The van der Waals surface area contributed by atoms with Crippen LogP contribution in [0.3, 0.4) is 0 Å². The molecule has 2 aromatic carbocycles. The van der Waals surface area contributed by atoms with E-state index in [9.17, 15) is 4.79 Å². The van der Waals surface area contributed by atoms with E-state index in [0.717, 1.165) is 30.6 Å². The number of benzene rings is 2. The lowest BCUT2D eigenvalue weighted by molar-refractivity contribution is -0.139. The fourth-order valence-electron chi connectivity index (χ4n) is 2.05. The van der Waals surface area contributed by atoms with Crippen LogP contribution in [0.1, 0.15) is 18.4 Å². The molecule has 23 heavy (non-hydrogen) atoms. The lowest BCUT2D eigenvalue weighted by Gasteiger charge is -2.04. The number of unbranched alkanes of at least 4 members (excludes halogenated alkanes) is 1. The highest BCUT2D eigenvalue weighted by atomic mass is 16.5. The monoisotopic (exact) mass is 311 g/mol. The highest BCUT2D eigenvalue weighted by Gasteiger charge is 1.98. The van der Waals surface area contributed by atoms with Crippen LogP contribution in [-0.2, 0) is 4.79 Å². The first-order valence-electron chi connectivity index (χ1n) is 7.64. The summed E-state index contributed by atoms with van der Waals surface area (Å²) in [5.41, 5.74) is 2.22. The molecule has 0 saturated heterocycles. The van der Waals surface area contributed by atoms with Crippen molar-refractivity contribution in [2.24, 2.45) is 0 Å². The van der Waals surface area contributed by atoms with E-state index >= 15 is 0 Å². The average Bonchev–Trinajstić information content (AvgIpc) is 2.58. The largest absolute Gasteiger partial charge is 0.482 e. The van der Waals surface area contributed by atoms with Crippen LogP contribution in [-0.4, -0.2) is 24.2 Å². The van der Waals surface area contributed by atoms with Gasteiger partial charge in [0.15, 0.2) is 6.61 Å². The third-order valence-corrected chi connectivity index (χ3v) is 3.20. The molecule has 0 aromatic heterocycles. The van der Waals surface area contributed by atoms with Gasteiger partial charge in [-0.05, 0) is 42.7 Å². The molecule has 4 nitrogen and oxygen atoms in total. The van der Waals surface area contributed by atoms with E-state index in [0.29, 0.717) is 5.75 Å². The topological polar surface area (TPSA) is 58.6 Å². The number of carbonyl (C=O) groups is 1. The van der Waals surface area contributed by atoms with Gasteiger partial charge in [0.25, 0.3) is 0 Å². The second kappa shape index (κ2) is 9.30. The molecule has 0 aliphatic heterocycles. The van der Waals surface area contributed by atoms with Crippen LogP contribution in [0.4, 0.5) is 5.69 Å². The fraction of sp³-hybridized carbons (Fsp3) is 0.211. The number of allylic oxidation sites excluding steroid dienone is 1. The van der Waals surface area contributed by atoms with Crippen molar-refractivity contribution in [2.75, 3.05) is 18.5 Å².